The van der Waals surface area contributed by atoms with E-state index in [9.17, 15) is 4.79 Å². The van der Waals surface area contributed by atoms with E-state index in [0.717, 1.165) is 23.2 Å². The van der Waals surface area contributed by atoms with Crippen molar-refractivity contribution < 1.29 is 66.8 Å². The van der Waals surface area contributed by atoms with Gasteiger partial charge in [-0.3, -0.25) is 0 Å². The Morgan fingerprint density at radius 3 is 1.20 bits per heavy atom. The highest BCUT2D eigenvalue weighted by Crippen LogP contribution is 2.42. The number of nitrogens with zero attached hydrogens (tertiary/aromatic N) is 15. The van der Waals surface area contributed by atoms with Gasteiger partial charge in [0, 0.05) is 18.6 Å². The number of ether oxygens (including phenoxy) is 9. The largest absolute Gasteiger partial charge is 0.493 e. The fraction of sp³-hybridized carbons (Fsp3) is 0.230. The van der Waals surface area contributed by atoms with Crippen LogP contribution >= 0.6 is 0 Å². The molecular formula is C61H69N19O14. The maximum absolute atomic E-state index is 11.1. The van der Waals surface area contributed by atoms with Crippen LogP contribution < -0.4 is 65.6 Å². The molecule has 0 spiro atoms. The smallest absolute Gasteiger partial charge is 0.233 e. The summed E-state index contributed by atoms with van der Waals surface area (Å²) in [6.45, 7) is 3.64. The molecule has 0 aliphatic heterocycles. The highest BCUT2D eigenvalue weighted by atomic mass is 16.6. The van der Waals surface area contributed by atoms with Gasteiger partial charge in [-0.05, 0) is 79.4 Å². The molecule has 5 heterocycles. The number of Topliss-reactive ketones (excluding diaryl/α,β-unsaturated/α-hetero) is 1. The first-order chi connectivity index (χ1) is 45.6. The molecule has 0 saturated heterocycles. The third-order valence-electron chi connectivity index (χ3n) is 12.3. The fourth-order valence-electron chi connectivity index (χ4n) is 7.65. The Morgan fingerprint density at radius 2 is 0.840 bits per heavy atom. The van der Waals surface area contributed by atoms with Crippen molar-refractivity contribution in [1.82, 2.24) is 54.6 Å². The van der Waals surface area contributed by atoms with Gasteiger partial charge in [-0.25, -0.2) is 49.5 Å². The average Bonchev–Trinajstić information content (AvgIpc) is 1.09. The summed E-state index contributed by atoms with van der Waals surface area (Å²) in [6, 6.07) is 21.7. The summed E-state index contributed by atoms with van der Waals surface area (Å²) in [6.07, 6.45) is 15.9. The van der Waals surface area contributed by atoms with Crippen LogP contribution in [0.25, 0.3) is 5.69 Å². The number of carbonyl (C=O) groups is 1. The predicted molar refractivity (Wildman–Crippen MR) is 346 cm³/mol. The van der Waals surface area contributed by atoms with Crippen molar-refractivity contribution in [3.63, 3.8) is 0 Å². The number of aryl methyl sites for hydroxylation is 2. The Morgan fingerprint density at radius 1 is 0.447 bits per heavy atom. The van der Waals surface area contributed by atoms with Crippen LogP contribution in [-0.4, -0.2) is 149 Å². The van der Waals surface area contributed by atoms with E-state index in [1.54, 1.807) is 62.5 Å². The average molecular weight is 1290 g/mol. The first kappa shape index (κ1) is 70.4. The Balaban J connectivity index is 0.000000199. The lowest BCUT2D eigenvalue weighted by molar-refractivity contribution is -0.117. The Hall–Kier alpha value is -12.7. The van der Waals surface area contributed by atoms with E-state index in [-0.39, 0.29) is 52.6 Å². The molecule has 9 aromatic rings. The SMILES string of the molecule is CCc1ccc(Oc2ncnc(N)c2/C=N/OC)c(OC)c1.CO/N=C/c1c(N)ncnc1Oc1cc(OC)c(OC)c(OC)c1.CO/N=C/c1c(N)ncnc1Oc1ccc(-n2cncn2)cc1.CO/N=C/c1c(N)ncnc1Oc1ccc(CCC(C)=O)cc1OC. The van der Waals surface area contributed by atoms with Gasteiger partial charge in [0.05, 0.1) is 66.1 Å². The monoisotopic (exact) mass is 1290 g/mol. The van der Waals surface area contributed by atoms with Gasteiger partial charge in [0.1, 0.15) is 129 Å². The minimum atomic E-state index is 0.137. The molecule has 33 nitrogen and oxygen atoms in total. The van der Waals surface area contributed by atoms with Crippen LogP contribution in [0.4, 0.5) is 23.3 Å². The third-order valence-corrected chi connectivity index (χ3v) is 12.3. The van der Waals surface area contributed by atoms with Gasteiger partial charge in [0.15, 0.2) is 34.5 Å². The number of benzene rings is 4. The zero-order valence-electron chi connectivity index (χ0n) is 53.1. The highest BCUT2D eigenvalue weighted by Gasteiger charge is 2.19. The maximum atomic E-state index is 11.1. The topological polar surface area (TPSA) is 424 Å². The summed E-state index contributed by atoms with van der Waals surface area (Å²) < 4.78 is 51.4. The molecule has 0 bridgehead atoms. The number of oxime groups is 4. The van der Waals surface area contributed by atoms with E-state index in [0.29, 0.717) is 86.8 Å². The predicted octanol–water partition coefficient (Wildman–Crippen LogP) is 8.03. The van der Waals surface area contributed by atoms with Crippen LogP contribution in [0.3, 0.4) is 0 Å². The van der Waals surface area contributed by atoms with Gasteiger partial charge >= 0.3 is 0 Å². The van der Waals surface area contributed by atoms with Gasteiger partial charge < -0.3 is 89.7 Å². The van der Waals surface area contributed by atoms with Crippen LogP contribution in [-0.2, 0) is 37.0 Å². The second kappa shape index (κ2) is 36.7. The van der Waals surface area contributed by atoms with E-state index in [1.807, 2.05) is 42.5 Å². The summed E-state index contributed by atoms with van der Waals surface area (Å²) in [5, 5.41) is 18.7. The van der Waals surface area contributed by atoms with Crippen molar-refractivity contribution in [3.05, 3.63) is 144 Å². The molecule has 94 heavy (non-hydrogen) atoms. The van der Waals surface area contributed by atoms with E-state index in [1.165, 1.54) is 106 Å². The van der Waals surface area contributed by atoms with Crippen LogP contribution in [0.2, 0.25) is 0 Å². The van der Waals surface area contributed by atoms with Gasteiger partial charge in [-0.15, -0.1) is 0 Å². The first-order valence-corrected chi connectivity index (χ1v) is 27.6. The lowest BCUT2D eigenvalue weighted by Gasteiger charge is -2.15. The second-order valence-electron chi connectivity index (χ2n) is 18.2. The molecule has 9 rings (SSSR count). The quantitative estimate of drug-likeness (QED) is 0.0294. The molecule has 0 aliphatic rings. The van der Waals surface area contributed by atoms with Crippen LogP contribution in [0.1, 0.15) is 53.6 Å². The van der Waals surface area contributed by atoms with Crippen LogP contribution in [0.5, 0.6) is 75.3 Å². The number of carbonyl (C=O) groups excluding carboxylic acids is 1. The number of aromatic nitrogens is 11. The lowest BCUT2D eigenvalue weighted by Crippen LogP contribution is -2.03. The molecule has 0 saturated carbocycles. The number of rotatable bonds is 26. The summed E-state index contributed by atoms with van der Waals surface area (Å²) in [4.78, 5) is 65.6. The van der Waals surface area contributed by atoms with E-state index < -0.39 is 0 Å². The van der Waals surface area contributed by atoms with Gasteiger partial charge in [-0.1, -0.05) is 39.7 Å². The number of hydrogen-bond acceptors (Lipinski definition) is 32. The molecular weight excluding hydrogens is 1220 g/mol. The van der Waals surface area contributed by atoms with Crippen molar-refractivity contribution in [2.24, 2.45) is 20.6 Å². The highest BCUT2D eigenvalue weighted by molar-refractivity contribution is 5.90. The van der Waals surface area contributed by atoms with Crippen molar-refractivity contribution in [1.29, 1.82) is 0 Å². The molecule has 8 N–H and O–H groups in total. The van der Waals surface area contributed by atoms with Crippen molar-refractivity contribution in [2.45, 2.75) is 33.1 Å². The molecule has 0 unspecified atom stereocenters. The molecule has 4 aromatic carbocycles. The lowest BCUT2D eigenvalue weighted by atomic mass is 10.1. The molecule has 492 valence electrons. The van der Waals surface area contributed by atoms with Crippen LogP contribution in [0, 0.1) is 0 Å². The summed E-state index contributed by atoms with van der Waals surface area (Å²) >= 11 is 0. The number of nitrogens with two attached hydrogens (primary N) is 4. The van der Waals surface area contributed by atoms with Crippen molar-refractivity contribution in [2.75, 3.05) is 86.9 Å². The zero-order chi connectivity index (χ0) is 67.8. The van der Waals surface area contributed by atoms with E-state index in [2.05, 4.69) is 96.9 Å². The van der Waals surface area contributed by atoms with Crippen molar-refractivity contribution in [3.8, 4) is 81.0 Å². The molecule has 0 radical (unpaired) electrons. The van der Waals surface area contributed by atoms with Gasteiger partial charge in [0.25, 0.3) is 0 Å². The number of nitrogen functional groups attached to an aromatic ring is 4. The van der Waals surface area contributed by atoms with Crippen LogP contribution in [0.15, 0.2) is 131 Å². The normalized spacial score (nSPS) is 10.7. The number of hydrogen-bond donors (Lipinski definition) is 4. The van der Waals surface area contributed by atoms with Gasteiger partial charge in [0.2, 0.25) is 29.3 Å². The molecule has 0 fully saturated rings. The number of ketones is 1. The summed E-state index contributed by atoms with van der Waals surface area (Å²) in [5.41, 5.74) is 27.9. The van der Waals surface area contributed by atoms with Crippen molar-refractivity contribution >= 4 is 53.9 Å². The van der Waals surface area contributed by atoms with E-state index >= 15 is 0 Å². The minimum absolute atomic E-state index is 0.137. The maximum Gasteiger partial charge on any atom is 0.233 e. The Labute approximate surface area is 539 Å². The summed E-state index contributed by atoms with van der Waals surface area (Å²) in [7, 11) is 13.4. The Bertz CT molecular complexity index is 3990. The van der Waals surface area contributed by atoms with E-state index in [4.69, 9.17) is 65.6 Å². The zero-order valence-corrected chi connectivity index (χ0v) is 53.1. The number of methoxy groups -OCH3 is 5. The Kier molecular flexibility index (Phi) is 27.5. The standard InChI is InChI=1S/C17H20N4O4.C15H18N4O5.C15H18N4O3.C14H13N7O2/c1-11(22)4-5-12-6-7-14(15(8-12)23-2)25-17-13(9-21-24-3)16(18)19-10-20-17;1-20-11-5-9(6-12(21-2)13(11)22-3)24-15-10(7-19-23-4)14(16)17-8-18-15;1-4-10-5-6-12(13(7-10)20-2)22-15-11(8-19-21-3)14(16)17-9-18-15;1-22-20-6-12-13(15)17-8-18-14(12)23-11-4-2-10(3-5-11)21-9-16-7-19-21/h6-10H,4-5H2,1-3H3,(H2,18,19,20);5-8H,1-4H3,(H2,16,17,18);5-9H,4H2,1-3H3,(H2,16,17,18);2-9H,1H3,(H2,15,17,18)/b21-9+;19-7+;19-8+;20-6+. The molecule has 0 aliphatic carbocycles. The molecule has 0 amide bonds. The minimum Gasteiger partial charge on any atom is -0.493 e. The fourth-order valence-corrected chi connectivity index (χ4v) is 7.65. The molecule has 33 heteroatoms. The summed E-state index contributed by atoms with van der Waals surface area (Å²) in [5.74, 6) is 6.50. The molecule has 0 atom stereocenters. The third kappa shape index (κ3) is 20.2. The first-order valence-electron chi connectivity index (χ1n) is 27.6. The van der Waals surface area contributed by atoms with Gasteiger partial charge in [-0.2, -0.15) is 5.10 Å². The molecule has 5 aromatic heterocycles. The number of anilines is 4. The second-order valence-corrected chi connectivity index (χ2v) is 18.2.